The highest BCUT2D eigenvalue weighted by atomic mass is 35.5. The van der Waals surface area contributed by atoms with Gasteiger partial charge in [-0.05, 0) is 39.0 Å². The summed E-state index contributed by atoms with van der Waals surface area (Å²) < 4.78 is 14.9. The summed E-state index contributed by atoms with van der Waals surface area (Å²) in [6, 6.07) is 1.24. The molecule has 0 radical (unpaired) electrons. The molecule has 0 bridgehead atoms. The molecule has 1 saturated heterocycles. The number of rotatable bonds is 3. The molecule has 2 aromatic rings. The molecule has 1 aromatic heterocycles. The van der Waals surface area contributed by atoms with Crippen LogP contribution in [0.5, 0.6) is 0 Å². The Bertz CT molecular complexity index is 828. The van der Waals surface area contributed by atoms with E-state index >= 15 is 0 Å². The molecule has 1 fully saturated rings. The number of nitrogens with one attached hydrogen (secondary N) is 1. The number of fused-ring (bicyclic) bond motifs is 1. The van der Waals surface area contributed by atoms with Crippen LogP contribution in [0.25, 0.3) is 10.9 Å². The van der Waals surface area contributed by atoms with Crippen LogP contribution in [-0.4, -0.2) is 28.9 Å². The predicted molar refractivity (Wildman–Crippen MR) is 94.9 cm³/mol. The molecule has 6 heteroatoms. The van der Waals surface area contributed by atoms with Crippen LogP contribution >= 0.6 is 11.6 Å². The summed E-state index contributed by atoms with van der Waals surface area (Å²) in [5.41, 5.74) is 7.38. The Morgan fingerprint density at radius 1 is 1.54 bits per heavy atom. The second-order valence-electron chi connectivity index (χ2n) is 6.31. The number of aromatic amines is 1. The minimum Gasteiger partial charge on any atom is -0.377 e. The van der Waals surface area contributed by atoms with Gasteiger partial charge in [0.15, 0.2) is 0 Å². The van der Waals surface area contributed by atoms with Gasteiger partial charge in [-0.1, -0.05) is 17.7 Å². The van der Waals surface area contributed by atoms with Crippen LogP contribution in [-0.2, 0) is 0 Å². The smallest absolute Gasteiger partial charge is 0.250 e. The van der Waals surface area contributed by atoms with Crippen molar-refractivity contribution >= 4 is 28.4 Å². The monoisotopic (exact) mass is 349 g/mol. The van der Waals surface area contributed by atoms with Crippen LogP contribution in [0, 0.1) is 12.7 Å². The summed E-state index contributed by atoms with van der Waals surface area (Å²) >= 11 is 6.43. The molecule has 128 valence electrons. The van der Waals surface area contributed by atoms with Gasteiger partial charge < -0.3 is 15.6 Å². The number of aryl methyl sites for hydroxylation is 1. The van der Waals surface area contributed by atoms with Gasteiger partial charge in [0.2, 0.25) is 0 Å². The number of aromatic nitrogens is 1. The van der Waals surface area contributed by atoms with Crippen LogP contribution in [0.3, 0.4) is 0 Å². The lowest BCUT2D eigenvalue weighted by atomic mass is 9.87. The lowest BCUT2D eigenvalue weighted by molar-refractivity contribution is 0.100. The van der Waals surface area contributed by atoms with Crippen molar-refractivity contribution in [1.82, 2.24) is 9.88 Å². The summed E-state index contributed by atoms with van der Waals surface area (Å²) in [5.74, 6) is -1.06. The Morgan fingerprint density at radius 3 is 2.96 bits per heavy atom. The number of halogens is 2. The molecule has 24 heavy (non-hydrogen) atoms. The number of hydrogen-bond donors (Lipinski definition) is 2. The number of nitrogens with two attached hydrogens (primary N) is 1. The van der Waals surface area contributed by atoms with Gasteiger partial charge in [-0.25, -0.2) is 4.39 Å². The summed E-state index contributed by atoms with van der Waals surface area (Å²) in [6.45, 7) is 5.47. The maximum Gasteiger partial charge on any atom is 0.250 e. The summed E-state index contributed by atoms with van der Waals surface area (Å²) in [5, 5.41) is 1.06. The quantitative estimate of drug-likeness (QED) is 0.877. The molecule has 1 aliphatic rings. The van der Waals surface area contributed by atoms with E-state index in [1.54, 1.807) is 0 Å². The first-order chi connectivity index (χ1) is 11.4. The highest BCUT2D eigenvalue weighted by Crippen LogP contribution is 2.40. The number of nitrogens with zero attached hydrogens (tertiary/aromatic N) is 1. The number of primary amides is 1. The zero-order valence-corrected chi connectivity index (χ0v) is 14.6. The molecular formula is C18H21ClFN3O. The lowest BCUT2D eigenvalue weighted by Gasteiger charge is -2.32. The van der Waals surface area contributed by atoms with Crippen LogP contribution in [0.15, 0.2) is 18.3 Å². The van der Waals surface area contributed by atoms with Gasteiger partial charge in [0.25, 0.3) is 5.91 Å². The molecule has 1 aromatic carbocycles. The van der Waals surface area contributed by atoms with Gasteiger partial charge in [0.1, 0.15) is 5.82 Å². The van der Waals surface area contributed by atoms with E-state index in [1.165, 1.54) is 6.07 Å². The minimum absolute atomic E-state index is 0.0204. The topological polar surface area (TPSA) is 62.1 Å². The van der Waals surface area contributed by atoms with Gasteiger partial charge in [-0.2, -0.15) is 0 Å². The van der Waals surface area contributed by atoms with Crippen molar-refractivity contribution in [3.05, 3.63) is 46.0 Å². The van der Waals surface area contributed by atoms with E-state index in [2.05, 4.69) is 9.88 Å². The van der Waals surface area contributed by atoms with Crippen molar-refractivity contribution in [2.24, 2.45) is 5.73 Å². The Morgan fingerprint density at radius 2 is 2.29 bits per heavy atom. The van der Waals surface area contributed by atoms with Crippen molar-refractivity contribution in [2.45, 2.75) is 32.6 Å². The standard InChI is InChI=1S/C18H21ClFN3O/c1-3-6-23-7-4-5-11(9-23)14-13(20)8-12(18(21)24)17-15(14)16(19)10(2)22-17/h3,6,8,11,22H,4-5,7,9H2,1-2H3,(H2,21,24). The van der Waals surface area contributed by atoms with E-state index in [0.29, 0.717) is 27.2 Å². The maximum absolute atomic E-state index is 14.9. The molecule has 4 nitrogen and oxygen atoms in total. The SMILES string of the molecule is CC=CN1CCCC(c2c(F)cc(C(N)=O)c3[nH]c(C)c(Cl)c23)C1. The van der Waals surface area contributed by atoms with E-state index in [4.69, 9.17) is 17.3 Å². The van der Waals surface area contributed by atoms with Crippen LogP contribution in [0.1, 0.15) is 47.3 Å². The number of hydrogen-bond acceptors (Lipinski definition) is 2. The number of carbonyl (C=O) groups excluding carboxylic acids is 1. The molecule has 1 amide bonds. The number of carbonyl (C=O) groups is 1. The van der Waals surface area contributed by atoms with E-state index < -0.39 is 11.7 Å². The Labute approximate surface area is 145 Å². The van der Waals surface area contributed by atoms with Crippen LogP contribution in [0.2, 0.25) is 5.02 Å². The number of amides is 1. The van der Waals surface area contributed by atoms with E-state index in [1.807, 2.05) is 26.1 Å². The van der Waals surface area contributed by atoms with Crippen molar-refractivity contribution < 1.29 is 9.18 Å². The van der Waals surface area contributed by atoms with Gasteiger partial charge in [0.05, 0.1) is 16.1 Å². The third-order valence-electron chi connectivity index (χ3n) is 4.66. The number of likely N-dealkylation sites (tertiary alicyclic amines) is 1. The minimum atomic E-state index is -0.664. The highest BCUT2D eigenvalue weighted by molar-refractivity contribution is 6.37. The summed E-state index contributed by atoms with van der Waals surface area (Å²) in [6.07, 6.45) is 5.88. The van der Waals surface area contributed by atoms with Crippen molar-refractivity contribution in [1.29, 1.82) is 0 Å². The second kappa shape index (κ2) is 6.48. The average Bonchev–Trinajstić information content (AvgIpc) is 2.83. The molecule has 1 atom stereocenters. The third kappa shape index (κ3) is 2.77. The molecule has 1 unspecified atom stereocenters. The molecule has 0 spiro atoms. The number of benzene rings is 1. The fourth-order valence-electron chi connectivity index (χ4n) is 3.63. The van der Waals surface area contributed by atoms with Gasteiger partial charge in [-0.15, -0.1) is 0 Å². The molecule has 3 rings (SSSR count). The first-order valence-corrected chi connectivity index (χ1v) is 8.48. The van der Waals surface area contributed by atoms with Crippen molar-refractivity contribution in [2.75, 3.05) is 13.1 Å². The average molecular weight is 350 g/mol. The number of allylic oxidation sites excluding steroid dienone is 1. The van der Waals surface area contributed by atoms with E-state index in [-0.39, 0.29) is 11.5 Å². The predicted octanol–water partition coefficient (Wildman–Crippen LogP) is 4.08. The Balaban J connectivity index is 2.19. The zero-order valence-electron chi connectivity index (χ0n) is 13.8. The van der Waals surface area contributed by atoms with Crippen LogP contribution in [0.4, 0.5) is 4.39 Å². The first-order valence-electron chi connectivity index (χ1n) is 8.10. The van der Waals surface area contributed by atoms with Gasteiger partial charge in [-0.3, -0.25) is 4.79 Å². The maximum atomic E-state index is 14.9. The molecule has 2 heterocycles. The van der Waals surface area contributed by atoms with Crippen molar-refractivity contribution in [3.8, 4) is 0 Å². The highest BCUT2D eigenvalue weighted by Gasteiger charge is 2.28. The fourth-order valence-corrected chi connectivity index (χ4v) is 3.88. The summed E-state index contributed by atoms with van der Waals surface area (Å²) in [7, 11) is 0. The molecule has 0 saturated carbocycles. The molecule has 3 N–H and O–H groups in total. The zero-order chi connectivity index (χ0) is 17.4. The van der Waals surface area contributed by atoms with Crippen molar-refractivity contribution in [3.63, 3.8) is 0 Å². The second-order valence-corrected chi connectivity index (χ2v) is 6.69. The third-order valence-corrected chi connectivity index (χ3v) is 5.14. The fraction of sp³-hybridized carbons (Fsp3) is 0.389. The van der Waals surface area contributed by atoms with Gasteiger partial charge >= 0.3 is 0 Å². The van der Waals surface area contributed by atoms with Gasteiger partial charge in [0, 0.05) is 35.7 Å². The summed E-state index contributed by atoms with van der Waals surface area (Å²) in [4.78, 5) is 17.0. The lowest BCUT2D eigenvalue weighted by Crippen LogP contribution is -2.30. The first kappa shape index (κ1) is 16.8. The molecule has 1 aliphatic heterocycles. The largest absolute Gasteiger partial charge is 0.377 e. The molecule has 0 aliphatic carbocycles. The molecular weight excluding hydrogens is 329 g/mol. The number of piperidine rings is 1. The normalized spacial score (nSPS) is 18.7. The number of H-pyrrole nitrogens is 1. The Kier molecular flexibility index (Phi) is 4.54. The van der Waals surface area contributed by atoms with E-state index in [0.717, 1.165) is 25.9 Å². The Hall–Kier alpha value is -2.01. The van der Waals surface area contributed by atoms with Crippen LogP contribution < -0.4 is 5.73 Å². The van der Waals surface area contributed by atoms with E-state index in [9.17, 15) is 9.18 Å².